The second-order valence-corrected chi connectivity index (χ2v) is 4.86. The Morgan fingerprint density at radius 2 is 2.11 bits per heavy atom. The van der Waals surface area contributed by atoms with Crippen LogP contribution in [0.3, 0.4) is 0 Å². The summed E-state index contributed by atoms with van der Waals surface area (Å²) in [7, 11) is 0. The van der Waals surface area contributed by atoms with Crippen LogP contribution in [0, 0.1) is 0 Å². The molecule has 2 aromatic rings. The fourth-order valence-corrected chi connectivity index (χ4v) is 2.26. The second kappa shape index (κ2) is 6.07. The van der Waals surface area contributed by atoms with Crippen molar-refractivity contribution in [1.82, 2.24) is 5.32 Å². The molecule has 1 aromatic heterocycles. The minimum absolute atomic E-state index is 0.231. The third-order valence-corrected chi connectivity index (χ3v) is 3.33. The van der Waals surface area contributed by atoms with E-state index in [9.17, 15) is 0 Å². The molecule has 0 bridgehead atoms. The highest BCUT2D eigenvalue weighted by Crippen LogP contribution is 2.23. The van der Waals surface area contributed by atoms with Crippen LogP contribution < -0.4 is 5.32 Å². The van der Waals surface area contributed by atoms with E-state index in [0.717, 1.165) is 17.2 Å². The van der Waals surface area contributed by atoms with Gasteiger partial charge < -0.3 is 9.73 Å². The molecule has 0 aliphatic rings. The first kappa shape index (κ1) is 13.2. The van der Waals surface area contributed by atoms with Crippen LogP contribution in [0.15, 0.2) is 47.1 Å². The first-order valence-corrected chi connectivity index (χ1v) is 6.63. The lowest BCUT2D eigenvalue weighted by molar-refractivity contribution is 0.376. The van der Waals surface area contributed by atoms with E-state index >= 15 is 0 Å². The third-order valence-electron chi connectivity index (χ3n) is 3.09. The standard InChI is InChI=1S/C15H18ClNO/c1-3-14(15-8-5-9-18-15)17-11(2)12-6-4-7-13(16)10-12/h4-11,14,17H,3H2,1-2H3/t11-,14?/m1/s1. The summed E-state index contributed by atoms with van der Waals surface area (Å²) in [5.41, 5.74) is 1.19. The average Bonchev–Trinajstić information content (AvgIpc) is 2.89. The minimum Gasteiger partial charge on any atom is -0.468 e. The van der Waals surface area contributed by atoms with E-state index < -0.39 is 0 Å². The van der Waals surface area contributed by atoms with Crippen LogP contribution in [-0.2, 0) is 0 Å². The van der Waals surface area contributed by atoms with Crippen molar-refractivity contribution < 1.29 is 4.42 Å². The molecule has 0 aliphatic carbocycles. The zero-order chi connectivity index (χ0) is 13.0. The molecule has 2 nitrogen and oxygen atoms in total. The summed E-state index contributed by atoms with van der Waals surface area (Å²) in [5.74, 6) is 0.978. The molecule has 0 amide bonds. The van der Waals surface area contributed by atoms with Crippen molar-refractivity contribution in [2.45, 2.75) is 32.4 Å². The Balaban J connectivity index is 2.08. The lowest BCUT2D eigenvalue weighted by Crippen LogP contribution is -2.23. The topological polar surface area (TPSA) is 25.2 Å². The Morgan fingerprint density at radius 3 is 2.72 bits per heavy atom. The van der Waals surface area contributed by atoms with E-state index in [1.165, 1.54) is 5.56 Å². The van der Waals surface area contributed by atoms with E-state index in [2.05, 4.69) is 25.2 Å². The van der Waals surface area contributed by atoms with E-state index in [1.807, 2.05) is 30.3 Å². The van der Waals surface area contributed by atoms with Gasteiger partial charge in [-0.05, 0) is 43.2 Å². The Bertz CT molecular complexity index is 481. The molecular weight excluding hydrogens is 246 g/mol. The first-order valence-electron chi connectivity index (χ1n) is 6.25. The molecule has 18 heavy (non-hydrogen) atoms. The molecule has 0 spiro atoms. The summed E-state index contributed by atoms with van der Waals surface area (Å²) in [6.07, 6.45) is 2.70. The number of hydrogen-bond donors (Lipinski definition) is 1. The molecule has 1 heterocycles. The van der Waals surface area contributed by atoms with E-state index in [4.69, 9.17) is 16.0 Å². The van der Waals surface area contributed by atoms with Gasteiger partial charge in [0.25, 0.3) is 0 Å². The SMILES string of the molecule is CCC(N[C@H](C)c1cccc(Cl)c1)c1ccco1. The highest BCUT2D eigenvalue weighted by atomic mass is 35.5. The number of nitrogens with one attached hydrogen (secondary N) is 1. The molecule has 0 aliphatic heterocycles. The number of furan rings is 1. The largest absolute Gasteiger partial charge is 0.468 e. The van der Waals surface area contributed by atoms with Crippen LogP contribution in [0.4, 0.5) is 0 Å². The average molecular weight is 264 g/mol. The summed E-state index contributed by atoms with van der Waals surface area (Å²) in [6.45, 7) is 4.28. The van der Waals surface area contributed by atoms with Gasteiger partial charge in [0.2, 0.25) is 0 Å². The lowest BCUT2D eigenvalue weighted by atomic mass is 10.1. The predicted molar refractivity (Wildman–Crippen MR) is 74.7 cm³/mol. The van der Waals surface area contributed by atoms with Gasteiger partial charge in [-0.25, -0.2) is 0 Å². The molecule has 0 saturated heterocycles. The number of hydrogen-bond acceptors (Lipinski definition) is 2. The van der Waals surface area contributed by atoms with Crippen molar-refractivity contribution in [2.24, 2.45) is 0 Å². The highest BCUT2D eigenvalue weighted by Gasteiger charge is 2.15. The molecule has 1 unspecified atom stereocenters. The Labute approximate surface area is 113 Å². The second-order valence-electron chi connectivity index (χ2n) is 4.42. The molecule has 2 atom stereocenters. The molecule has 1 N–H and O–H groups in total. The van der Waals surface area contributed by atoms with Crippen molar-refractivity contribution in [3.05, 3.63) is 59.0 Å². The Kier molecular flexibility index (Phi) is 4.45. The van der Waals surface area contributed by atoms with E-state index in [0.29, 0.717) is 0 Å². The van der Waals surface area contributed by atoms with Gasteiger partial charge in [0.15, 0.2) is 0 Å². The van der Waals surface area contributed by atoms with E-state index in [-0.39, 0.29) is 12.1 Å². The quantitative estimate of drug-likeness (QED) is 0.843. The Morgan fingerprint density at radius 1 is 1.28 bits per heavy atom. The molecule has 2 rings (SSSR count). The van der Waals surface area contributed by atoms with Gasteiger partial charge in [0.1, 0.15) is 5.76 Å². The summed E-state index contributed by atoms with van der Waals surface area (Å²) in [6, 6.07) is 12.3. The maximum absolute atomic E-state index is 6.01. The van der Waals surface area contributed by atoms with Crippen LogP contribution in [0.25, 0.3) is 0 Å². The van der Waals surface area contributed by atoms with Gasteiger partial charge in [-0.3, -0.25) is 0 Å². The van der Waals surface area contributed by atoms with Gasteiger partial charge in [0.05, 0.1) is 12.3 Å². The Hall–Kier alpha value is -1.25. The maximum atomic E-state index is 6.01. The molecule has 3 heteroatoms. The fourth-order valence-electron chi connectivity index (χ4n) is 2.06. The zero-order valence-electron chi connectivity index (χ0n) is 10.7. The van der Waals surface area contributed by atoms with Crippen LogP contribution >= 0.6 is 11.6 Å². The van der Waals surface area contributed by atoms with Crippen molar-refractivity contribution in [3.63, 3.8) is 0 Å². The smallest absolute Gasteiger partial charge is 0.120 e. The summed E-state index contributed by atoms with van der Waals surface area (Å²) in [4.78, 5) is 0. The summed E-state index contributed by atoms with van der Waals surface area (Å²) < 4.78 is 5.46. The fraction of sp³-hybridized carbons (Fsp3) is 0.333. The van der Waals surface area contributed by atoms with Crippen LogP contribution in [0.2, 0.25) is 5.02 Å². The number of halogens is 1. The van der Waals surface area contributed by atoms with Gasteiger partial charge >= 0.3 is 0 Å². The number of benzene rings is 1. The van der Waals surface area contributed by atoms with E-state index in [1.54, 1.807) is 6.26 Å². The maximum Gasteiger partial charge on any atom is 0.120 e. The molecule has 0 radical (unpaired) electrons. The van der Waals surface area contributed by atoms with Gasteiger partial charge in [-0.15, -0.1) is 0 Å². The molecular formula is C15H18ClNO. The predicted octanol–water partition coefficient (Wildman–Crippen LogP) is 4.73. The minimum atomic E-state index is 0.231. The highest BCUT2D eigenvalue weighted by molar-refractivity contribution is 6.30. The lowest BCUT2D eigenvalue weighted by Gasteiger charge is -2.21. The van der Waals surface area contributed by atoms with Crippen LogP contribution in [-0.4, -0.2) is 0 Å². The van der Waals surface area contributed by atoms with Crippen LogP contribution in [0.5, 0.6) is 0 Å². The third kappa shape index (κ3) is 3.15. The van der Waals surface area contributed by atoms with Crippen molar-refractivity contribution in [2.75, 3.05) is 0 Å². The molecule has 0 saturated carbocycles. The first-order chi connectivity index (χ1) is 8.70. The monoisotopic (exact) mass is 263 g/mol. The van der Waals surface area contributed by atoms with Gasteiger partial charge in [-0.2, -0.15) is 0 Å². The van der Waals surface area contributed by atoms with Crippen molar-refractivity contribution in [3.8, 4) is 0 Å². The molecule has 1 aromatic carbocycles. The molecule has 96 valence electrons. The summed E-state index contributed by atoms with van der Waals surface area (Å²) >= 11 is 6.01. The van der Waals surface area contributed by atoms with Crippen molar-refractivity contribution in [1.29, 1.82) is 0 Å². The number of rotatable bonds is 5. The summed E-state index contributed by atoms with van der Waals surface area (Å²) in [5, 5.41) is 4.33. The van der Waals surface area contributed by atoms with Gasteiger partial charge in [0, 0.05) is 11.1 Å². The van der Waals surface area contributed by atoms with Gasteiger partial charge in [-0.1, -0.05) is 30.7 Å². The van der Waals surface area contributed by atoms with Crippen LogP contribution in [0.1, 0.15) is 43.7 Å². The van der Waals surface area contributed by atoms with Crippen molar-refractivity contribution >= 4 is 11.6 Å². The normalized spacial score (nSPS) is 14.4. The molecule has 0 fully saturated rings. The zero-order valence-corrected chi connectivity index (χ0v) is 11.4.